The van der Waals surface area contributed by atoms with Crippen LogP contribution in [-0.4, -0.2) is 13.7 Å². The fourth-order valence-electron chi connectivity index (χ4n) is 1.85. The van der Waals surface area contributed by atoms with Crippen LogP contribution in [0.15, 0.2) is 48.5 Å². The third-order valence-corrected chi connectivity index (χ3v) is 2.67. The lowest BCUT2D eigenvalue weighted by atomic mass is 10.0. The van der Waals surface area contributed by atoms with E-state index < -0.39 is 0 Å². The van der Waals surface area contributed by atoms with E-state index in [1.807, 2.05) is 24.3 Å². The quantitative estimate of drug-likeness (QED) is 0.858. The Labute approximate surface area is 102 Å². The molecule has 0 spiro atoms. The standard InChI is InChI=1S/C15H17NO/c1-3-16-14-11-13(9-10-15(14)17-2)12-7-5-4-6-8-12/h4-11,16H,3H2,1-2H3. The van der Waals surface area contributed by atoms with Gasteiger partial charge in [0.25, 0.3) is 0 Å². The molecule has 0 bridgehead atoms. The van der Waals surface area contributed by atoms with Gasteiger partial charge in [0.05, 0.1) is 12.8 Å². The van der Waals surface area contributed by atoms with E-state index in [0.717, 1.165) is 18.0 Å². The number of nitrogens with one attached hydrogen (secondary N) is 1. The van der Waals surface area contributed by atoms with Crippen molar-refractivity contribution in [2.24, 2.45) is 0 Å². The zero-order valence-corrected chi connectivity index (χ0v) is 10.2. The number of benzene rings is 2. The van der Waals surface area contributed by atoms with E-state index in [1.165, 1.54) is 11.1 Å². The fourth-order valence-corrected chi connectivity index (χ4v) is 1.85. The molecule has 2 heteroatoms. The van der Waals surface area contributed by atoms with Crippen molar-refractivity contribution in [1.29, 1.82) is 0 Å². The monoisotopic (exact) mass is 227 g/mol. The number of hydrogen-bond acceptors (Lipinski definition) is 2. The van der Waals surface area contributed by atoms with Crippen LogP contribution in [0.4, 0.5) is 5.69 Å². The van der Waals surface area contributed by atoms with Gasteiger partial charge in [0.15, 0.2) is 0 Å². The van der Waals surface area contributed by atoms with Crippen LogP contribution in [-0.2, 0) is 0 Å². The van der Waals surface area contributed by atoms with E-state index in [-0.39, 0.29) is 0 Å². The predicted octanol–water partition coefficient (Wildman–Crippen LogP) is 3.79. The summed E-state index contributed by atoms with van der Waals surface area (Å²) in [5.41, 5.74) is 3.45. The molecule has 2 aromatic rings. The SMILES string of the molecule is CCNc1cc(-c2ccccc2)ccc1OC. The molecule has 88 valence electrons. The van der Waals surface area contributed by atoms with E-state index in [1.54, 1.807) is 7.11 Å². The summed E-state index contributed by atoms with van der Waals surface area (Å²) in [6, 6.07) is 16.5. The van der Waals surface area contributed by atoms with Gasteiger partial charge in [-0.15, -0.1) is 0 Å². The molecular formula is C15H17NO. The lowest BCUT2D eigenvalue weighted by Crippen LogP contribution is -1.99. The van der Waals surface area contributed by atoms with Gasteiger partial charge in [-0.2, -0.15) is 0 Å². The molecule has 17 heavy (non-hydrogen) atoms. The summed E-state index contributed by atoms with van der Waals surface area (Å²) in [6.45, 7) is 2.96. The van der Waals surface area contributed by atoms with Crippen LogP contribution in [0, 0.1) is 0 Å². The third-order valence-electron chi connectivity index (χ3n) is 2.67. The second kappa shape index (κ2) is 5.39. The van der Waals surface area contributed by atoms with E-state index >= 15 is 0 Å². The van der Waals surface area contributed by atoms with Crippen molar-refractivity contribution in [1.82, 2.24) is 0 Å². The highest BCUT2D eigenvalue weighted by atomic mass is 16.5. The summed E-state index contributed by atoms with van der Waals surface area (Å²) < 4.78 is 5.33. The molecule has 0 amide bonds. The van der Waals surface area contributed by atoms with Crippen LogP contribution in [0.5, 0.6) is 5.75 Å². The minimum absolute atomic E-state index is 0.881. The minimum Gasteiger partial charge on any atom is -0.495 e. The van der Waals surface area contributed by atoms with Crippen molar-refractivity contribution in [3.63, 3.8) is 0 Å². The first kappa shape index (κ1) is 11.5. The molecule has 2 nitrogen and oxygen atoms in total. The minimum atomic E-state index is 0.881. The van der Waals surface area contributed by atoms with Crippen LogP contribution >= 0.6 is 0 Å². The van der Waals surface area contributed by atoms with E-state index in [0.29, 0.717) is 0 Å². The molecule has 0 aliphatic rings. The highest BCUT2D eigenvalue weighted by Crippen LogP contribution is 2.30. The number of ether oxygens (including phenoxy) is 1. The average Bonchev–Trinajstić information content (AvgIpc) is 2.40. The molecule has 2 aromatic carbocycles. The maximum atomic E-state index is 5.33. The first-order chi connectivity index (χ1) is 8.35. The largest absolute Gasteiger partial charge is 0.495 e. The van der Waals surface area contributed by atoms with Crippen molar-refractivity contribution < 1.29 is 4.74 Å². The summed E-state index contributed by atoms with van der Waals surface area (Å²) in [4.78, 5) is 0. The van der Waals surface area contributed by atoms with Crippen molar-refractivity contribution in [2.75, 3.05) is 19.0 Å². The van der Waals surface area contributed by atoms with E-state index in [4.69, 9.17) is 4.74 Å². The Morgan fingerprint density at radius 2 is 1.76 bits per heavy atom. The Morgan fingerprint density at radius 1 is 1.00 bits per heavy atom. The van der Waals surface area contributed by atoms with E-state index in [9.17, 15) is 0 Å². The molecule has 0 fully saturated rings. The van der Waals surface area contributed by atoms with Crippen LogP contribution in [0.1, 0.15) is 6.92 Å². The Morgan fingerprint density at radius 3 is 2.41 bits per heavy atom. The Kier molecular flexibility index (Phi) is 3.66. The molecule has 0 saturated heterocycles. The van der Waals surface area contributed by atoms with Gasteiger partial charge in [-0.05, 0) is 30.2 Å². The summed E-state index contributed by atoms with van der Waals surface area (Å²) in [6.07, 6.45) is 0. The number of methoxy groups -OCH3 is 1. The predicted molar refractivity (Wildman–Crippen MR) is 72.6 cm³/mol. The number of anilines is 1. The van der Waals surface area contributed by atoms with Gasteiger partial charge in [-0.3, -0.25) is 0 Å². The van der Waals surface area contributed by atoms with Crippen molar-refractivity contribution in [3.8, 4) is 16.9 Å². The summed E-state index contributed by atoms with van der Waals surface area (Å²) in [5.74, 6) is 0.881. The molecule has 0 saturated carbocycles. The van der Waals surface area contributed by atoms with Gasteiger partial charge in [0, 0.05) is 6.54 Å². The molecule has 0 aliphatic heterocycles. The van der Waals surface area contributed by atoms with Crippen molar-refractivity contribution in [3.05, 3.63) is 48.5 Å². The Bertz CT molecular complexity index is 480. The Balaban J connectivity index is 2.40. The van der Waals surface area contributed by atoms with Gasteiger partial charge >= 0.3 is 0 Å². The van der Waals surface area contributed by atoms with Gasteiger partial charge in [0.1, 0.15) is 5.75 Å². The molecule has 0 heterocycles. The van der Waals surface area contributed by atoms with Gasteiger partial charge in [0.2, 0.25) is 0 Å². The van der Waals surface area contributed by atoms with Gasteiger partial charge in [-0.25, -0.2) is 0 Å². The molecule has 0 radical (unpaired) electrons. The highest BCUT2D eigenvalue weighted by molar-refractivity contribution is 5.71. The smallest absolute Gasteiger partial charge is 0.141 e. The summed E-state index contributed by atoms with van der Waals surface area (Å²) >= 11 is 0. The molecule has 0 atom stereocenters. The molecule has 2 rings (SSSR count). The molecule has 0 aliphatic carbocycles. The number of hydrogen-bond donors (Lipinski definition) is 1. The maximum absolute atomic E-state index is 5.33. The van der Waals surface area contributed by atoms with Crippen LogP contribution in [0.25, 0.3) is 11.1 Å². The average molecular weight is 227 g/mol. The second-order valence-electron chi connectivity index (χ2n) is 3.81. The maximum Gasteiger partial charge on any atom is 0.141 e. The summed E-state index contributed by atoms with van der Waals surface area (Å²) in [7, 11) is 1.69. The highest BCUT2D eigenvalue weighted by Gasteiger charge is 2.04. The van der Waals surface area contributed by atoms with Gasteiger partial charge in [-0.1, -0.05) is 36.4 Å². The van der Waals surface area contributed by atoms with Gasteiger partial charge < -0.3 is 10.1 Å². The van der Waals surface area contributed by atoms with Crippen LogP contribution in [0.2, 0.25) is 0 Å². The lowest BCUT2D eigenvalue weighted by Gasteiger charge is -2.11. The van der Waals surface area contributed by atoms with Crippen molar-refractivity contribution >= 4 is 5.69 Å². The normalized spacial score (nSPS) is 10.0. The molecule has 1 N–H and O–H groups in total. The number of rotatable bonds is 4. The fraction of sp³-hybridized carbons (Fsp3) is 0.200. The van der Waals surface area contributed by atoms with Crippen LogP contribution in [0.3, 0.4) is 0 Å². The van der Waals surface area contributed by atoms with Crippen molar-refractivity contribution in [2.45, 2.75) is 6.92 Å². The third kappa shape index (κ3) is 2.59. The molecule has 0 unspecified atom stereocenters. The first-order valence-corrected chi connectivity index (χ1v) is 5.82. The lowest BCUT2D eigenvalue weighted by molar-refractivity contribution is 0.416. The topological polar surface area (TPSA) is 21.3 Å². The zero-order valence-electron chi connectivity index (χ0n) is 10.2. The van der Waals surface area contributed by atoms with Crippen LogP contribution < -0.4 is 10.1 Å². The summed E-state index contributed by atoms with van der Waals surface area (Å²) in [5, 5.41) is 3.31. The zero-order chi connectivity index (χ0) is 12.1. The first-order valence-electron chi connectivity index (χ1n) is 5.82. The molecular weight excluding hydrogens is 210 g/mol. The second-order valence-corrected chi connectivity index (χ2v) is 3.81. The Hall–Kier alpha value is -1.96. The van der Waals surface area contributed by atoms with E-state index in [2.05, 4.69) is 36.5 Å². The molecule has 0 aromatic heterocycles.